The number of rotatable bonds is 11. The van der Waals surface area contributed by atoms with Crippen molar-refractivity contribution in [1.82, 2.24) is 24.8 Å². The Morgan fingerprint density at radius 3 is 2.39 bits per heavy atom. The Hall–Kier alpha value is -4.83. The molecule has 2 aliphatic carbocycles. The maximum atomic E-state index is 13.9. The SMILES string of the molecule is CCC(=O)N[C@H]1C[C@@H](n2cnc3c(NCC(c4ccccc4)c4ccc(F)cc4)nc(NC4CCC(N)CC4)nc32)[C@H](OC(=O)C(F)(F)F)[C@@H]1O. The normalized spacial score (nSPS) is 24.2. The molecule has 2 aliphatic rings. The van der Waals surface area contributed by atoms with Crippen LogP contribution >= 0.6 is 0 Å². The minimum absolute atomic E-state index is 0.00480. The molecule has 6 N–H and O–H groups in total. The molecule has 2 aromatic carbocycles. The molecule has 4 aromatic rings. The van der Waals surface area contributed by atoms with Crippen LogP contribution in [0.2, 0.25) is 0 Å². The topological polar surface area (TPSA) is 169 Å². The van der Waals surface area contributed by atoms with E-state index in [-0.39, 0.29) is 53.8 Å². The maximum absolute atomic E-state index is 13.9. The van der Waals surface area contributed by atoms with Crippen LogP contribution in [0.3, 0.4) is 0 Å². The molecule has 0 bridgehead atoms. The molecule has 0 spiro atoms. The summed E-state index contributed by atoms with van der Waals surface area (Å²) in [7, 11) is 0. The lowest BCUT2D eigenvalue weighted by Gasteiger charge is -2.27. The number of benzene rings is 2. The van der Waals surface area contributed by atoms with E-state index in [1.54, 1.807) is 19.1 Å². The van der Waals surface area contributed by atoms with Crippen LogP contribution in [0.5, 0.6) is 0 Å². The van der Waals surface area contributed by atoms with Gasteiger partial charge in [-0.05, 0) is 55.4 Å². The monoisotopic (exact) mass is 712 g/mol. The van der Waals surface area contributed by atoms with E-state index in [2.05, 4.69) is 20.9 Å². The Balaban J connectivity index is 1.39. The molecule has 2 heterocycles. The fourth-order valence-corrected chi connectivity index (χ4v) is 6.85. The number of halogens is 4. The third kappa shape index (κ3) is 8.22. The standard InChI is InChI=1S/C35H40F4N8O4/c1-2-27(48)44-25-16-26(30(29(25)49)51-33(50)35(37,38)39)47-18-42-28-31(45-34(46-32(28)47)43-23-14-12-22(40)13-15-23)41-17-24(19-6-4-3-5-7-19)20-8-10-21(36)11-9-20/h3-11,18,22-26,29-30,49H,2,12-17,40H2,1H3,(H,44,48)(H2,41,43,45,46)/t22?,23?,24?,25-,26+,29+,30-/m0/s1. The Morgan fingerprint density at radius 2 is 1.73 bits per heavy atom. The Morgan fingerprint density at radius 1 is 1.04 bits per heavy atom. The van der Waals surface area contributed by atoms with Gasteiger partial charge in [0.05, 0.1) is 18.4 Å². The number of imidazole rings is 1. The lowest BCUT2D eigenvalue weighted by molar-refractivity contribution is -0.209. The predicted molar refractivity (Wildman–Crippen MR) is 180 cm³/mol. The van der Waals surface area contributed by atoms with Crippen LogP contribution < -0.4 is 21.7 Å². The molecule has 16 heteroatoms. The number of ether oxygens (including phenoxy) is 1. The first-order chi connectivity index (χ1) is 24.4. The summed E-state index contributed by atoms with van der Waals surface area (Å²) in [6.07, 6.45) is -4.17. The maximum Gasteiger partial charge on any atom is 0.490 e. The fraction of sp³-hybridized carbons (Fsp3) is 0.457. The quantitative estimate of drug-likeness (QED) is 0.110. The summed E-state index contributed by atoms with van der Waals surface area (Å²) in [4.78, 5) is 38.3. The van der Waals surface area contributed by atoms with Crippen molar-refractivity contribution in [2.24, 2.45) is 5.73 Å². The lowest BCUT2D eigenvalue weighted by Crippen LogP contribution is -2.45. The van der Waals surface area contributed by atoms with Gasteiger partial charge in [0.15, 0.2) is 23.1 Å². The zero-order valence-corrected chi connectivity index (χ0v) is 27.8. The molecule has 0 saturated heterocycles. The van der Waals surface area contributed by atoms with Gasteiger partial charge in [-0.25, -0.2) is 14.2 Å². The van der Waals surface area contributed by atoms with Gasteiger partial charge in [0.25, 0.3) is 0 Å². The van der Waals surface area contributed by atoms with Gasteiger partial charge in [-0.15, -0.1) is 0 Å². The number of aliphatic hydroxyl groups excluding tert-OH is 1. The smallest absolute Gasteiger partial charge is 0.451 e. The number of nitrogens with zero attached hydrogens (tertiary/aromatic N) is 4. The minimum Gasteiger partial charge on any atom is -0.451 e. The highest BCUT2D eigenvalue weighted by Gasteiger charge is 2.51. The van der Waals surface area contributed by atoms with Gasteiger partial charge in [0.1, 0.15) is 11.9 Å². The number of amides is 1. The molecule has 0 aliphatic heterocycles. The van der Waals surface area contributed by atoms with E-state index in [0.717, 1.165) is 36.8 Å². The number of nitrogens with two attached hydrogens (primary N) is 1. The Kier molecular flexibility index (Phi) is 10.7. The van der Waals surface area contributed by atoms with E-state index in [9.17, 15) is 32.3 Å². The number of carbonyl (C=O) groups excluding carboxylic acids is 2. The number of aliphatic hydroxyl groups is 1. The van der Waals surface area contributed by atoms with Crippen molar-refractivity contribution in [3.8, 4) is 0 Å². The van der Waals surface area contributed by atoms with Gasteiger partial charge in [-0.1, -0.05) is 49.4 Å². The van der Waals surface area contributed by atoms with E-state index < -0.39 is 42.3 Å². The van der Waals surface area contributed by atoms with E-state index in [1.807, 2.05) is 30.3 Å². The summed E-state index contributed by atoms with van der Waals surface area (Å²) in [5.74, 6) is -2.97. The molecule has 12 nitrogen and oxygen atoms in total. The zero-order valence-electron chi connectivity index (χ0n) is 27.8. The molecule has 2 aromatic heterocycles. The molecule has 1 amide bonds. The summed E-state index contributed by atoms with van der Waals surface area (Å²) < 4.78 is 60.3. The van der Waals surface area contributed by atoms with Crippen LogP contribution in [0.25, 0.3) is 11.2 Å². The molecule has 2 saturated carbocycles. The van der Waals surface area contributed by atoms with Crippen molar-refractivity contribution in [2.75, 3.05) is 17.2 Å². The summed E-state index contributed by atoms with van der Waals surface area (Å²) in [5.41, 5.74) is 8.39. The number of aromatic nitrogens is 4. The first-order valence-electron chi connectivity index (χ1n) is 17.0. The van der Waals surface area contributed by atoms with Crippen LogP contribution in [0, 0.1) is 5.82 Å². The first kappa shape index (κ1) is 36.0. The van der Waals surface area contributed by atoms with Gasteiger partial charge < -0.3 is 36.1 Å². The largest absolute Gasteiger partial charge is 0.490 e. The van der Waals surface area contributed by atoms with Gasteiger partial charge in [0.2, 0.25) is 11.9 Å². The van der Waals surface area contributed by atoms with Crippen LogP contribution in [0.15, 0.2) is 60.9 Å². The Bertz CT molecular complexity index is 1820. The highest BCUT2D eigenvalue weighted by molar-refractivity contribution is 5.84. The van der Waals surface area contributed by atoms with Crippen molar-refractivity contribution in [2.45, 2.75) is 93.9 Å². The van der Waals surface area contributed by atoms with Crippen molar-refractivity contribution >= 4 is 34.8 Å². The first-order valence-corrected chi connectivity index (χ1v) is 17.0. The van der Waals surface area contributed by atoms with Crippen LogP contribution in [0.4, 0.5) is 29.3 Å². The summed E-state index contributed by atoms with van der Waals surface area (Å²) >= 11 is 0. The van der Waals surface area contributed by atoms with Crippen LogP contribution in [-0.2, 0) is 14.3 Å². The molecular formula is C35H40F4N8O4. The second-order valence-electron chi connectivity index (χ2n) is 13.1. The predicted octanol–water partition coefficient (Wildman–Crippen LogP) is 4.57. The summed E-state index contributed by atoms with van der Waals surface area (Å²) in [5, 5.41) is 20.5. The van der Waals surface area contributed by atoms with Gasteiger partial charge in [-0.3, -0.25) is 4.79 Å². The van der Waals surface area contributed by atoms with Gasteiger partial charge in [0, 0.05) is 31.0 Å². The minimum atomic E-state index is -5.31. The molecule has 51 heavy (non-hydrogen) atoms. The third-order valence-electron chi connectivity index (χ3n) is 9.60. The number of hydrogen-bond donors (Lipinski definition) is 5. The highest BCUT2D eigenvalue weighted by atomic mass is 19.4. The van der Waals surface area contributed by atoms with Crippen molar-refractivity contribution in [1.29, 1.82) is 0 Å². The number of carbonyl (C=O) groups is 2. The Labute approximate surface area is 291 Å². The number of esters is 1. The van der Waals surface area contributed by atoms with Crippen molar-refractivity contribution < 1.29 is 37.0 Å². The average Bonchev–Trinajstić information content (AvgIpc) is 3.66. The van der Waals surface area contributed by atoms with Gasteiger partial charge in [-0.2, -0.15) is 23.1 Å². The van der Waals surface area contributed by atoms with Crippen LogP contribution in [-0.4, -0.2) is 79.6 Å². The van der Waals surface area contributed by atoms with Gasteiger partial charge >= 0.3 is 12.1 Å². The summed E-state index contributed by atoms with van der Waals surface area (Å²) in [6.45, 7) is 1.89. The fourth-order valence-electron chi connectivity index (χ4n) is 6.85. The van der Waals surface area contributed by atoms with Crippen LogP contribution in [0.1, 0.15) is 68.5 Å². The van der Waals surface area contributed by atoms with Crippen molar-refractivity contribution in [3.63, 3.8) is 0 Å². The third-order valence-corrected chi connectivity index (χ3v) is 9.60. The van der Waals surface area contributed by atoms with E-state index >= 15 is 0 Å². The lowest BCUT2D eigenvalue weighted by atomic mass is 9.91. The number of alkyl halides is 3. The molecule has 0 radical (unpaired) electrons. The average molecular weight is 713 g/mol. The number of nitrogens with one attached hydrogen (secondary N) is 3. The second kappa shape index (κ2) is 15.2. The van der Waals surface area contributed by atoms with E-state index in [0.29, 0.717) is 12.4 Å². The molecule has 1 unspecified atom stereocenters. The van der Waals surface area contributed by atoms with E-state index in [4.69, 9.17) is 20.4 Å². The highest BCUT2D eigenvalue weighted by Crippen LogP contribution is 2.38. The molecule has 272 valence electrons. The van der Waals surface area contributed by atoms with Crippen molar-refractivity contribution in [3.05, 3.63) is 77.9 Å². The second-order valence-corrected chi connectivity index (χ2v) is 13.1. The van der Waals surface area contributed by atoms with E-state index in [1.165, 1.54) is 23.0 Å². The molecule has 6 rings (SSSR count). The number of fused-ring (bicyclic) bond motifs is 1. The summed E-state index contributed by atoms with van der Waals surface area (Å²) in [6, 6.07) is 13.8. The number of anilines is 2. The molecular weight excluding hydrogens is 672 g/mol. The molecule has 5 atom stereocenters. The zero-order chi connectivity index (χ0) is 36.3. The number of hydrogen-bond acceptors (Lipinski definition) is 10. The molecule has 2 fully saturated rings.